The molecule has 18 heavy (non-hydrogen) atoms. The molecule has 0 saturated heterocycles. The molecule has 0 amide bonds. The number of hydrogen-bond donors (Lipinski definition) is 7. The van der Waals surface area contributed by atoms with Gasteiger partial charge in [-0.05, 0) is 0 Å². The molecule has 0 unspecified atom stereocenters. The van der Waals surface area contributed by atoms with E-state index in [1.165, 1.54) is 0 Å². The molecular formula is C9H15N5O4. The Hall–Kier alpha value is -1.84. The predicted molar refractivity (Wildman–Crippen MR) is 64.3 cm³/mol. The number of fused-ring (bicyclic) bond motifs is 1. The first-order chi connectivity index (χ1) is 8.52. The van der Waals surface area contributed by atoms with E-state index in [1.807, 2.05) is 0 Å². The number of nitrogens with zero attached hydrogens (tertiary/aromatic N) is 1. The molecule has 0 aromatic carbocycles. The minimum Gasteiger partial charge on any atom is -0.394 e. The molecule has 0 saturated carbocycles. The summed E-state index contributed by atoms with van der Waals surface area (Å²) >= 11 is 0. The van der Waals surface area contributed by atoms with Gasteiger partial charge in [-0.1, -0.05) is 0 Å². The van der Waals surface area contributed by atoms with Crippen molar-refractivity contribution in [1.29, 1.82) is 0 Å². The largest absolute Gasteiger partial charge is 0.394 e. The third kappa shape index (κ3) is 2.23. The number of aliphatic hydroxyl groups excluding tert-OH is 3. The Morgan fingerprint density at radius 3 is 2.89 bits per heavy atom. The van der Waals surface area contributed by atoms with Crippen molar-refractivity contribution >= 4 is 17.5 Å². The Kier molecular flexibility index (Phi) is 3.36. The van der Waals surface area contributed by atoms with E-state index in [-0.39, 0.29) is 24.0 Å². The average molecular weight is 257 g/mol. The summed E-state index contributed by atoms with van der Waals surface area (Å²) in [5, 5.41) is 33.5. The molecule has 1 aromatic rings. The van der Waals surface area contributed by atoms with Gasteiger partial charge >= 0.3 is 0 Å². The number of nitrogen functional groups attached to an aromatic ring is 1. The summed E-state index contributed by atoms with van der Waals surface area (Å²) in [5.74, 6) is 0.278. The first kappa shape index (κ1) is 12.6. The Labute approximate surface area is 102 Å². The normalized spacial score (nSPS) is 21.4. The van der Waals surface area contributed by atoms with Gasteiger partial charge in [0.15, 0.2) is 5.82 Å². The van der Waals surface area contributed by atoms with Crippen LogP contribution in [0.1, 0.15) is 0 Å². The van der Waals surface area contributed by atoms with Gasteiger partial charge < -0.3 is 31.7 Å². The maximum atomic E-state index is 11.6. The number of nitrogens with two attached hydrogens (primary N) is 1. The summed E-state index contributed by atoms with van der Waals surface area (Å²) in [4.78, 5) is 17.8. The van der Waals surface area contributed by atoms with Crippen molar-refractivity contribution in [2.24, 2.45) is 0 Å². The number of hydrogen-bond acceptors (Lipinski definition) is 8. The zero-order valence-corrected chi connectivity index (χ0v) is 9.42. The number of aliphatic hydroxyl groups is 3. The second kappa shape index (κ2) is 4.80. The maximum Gasteiger partial charge on any atom is 0.277 e. The van der Waals surface area contributed by atoms with Gasteiger partial charge in [0.2, 0.25) is 5.95 Å². The molecule has 2 rings (SSSR count). The van der Waals surface area contributed by atoms with E-state index in [0.717, 1.165) is 0 Å². The van der Waals surface area contributed by atoms with E-state index in [1.54, 1.807) is 0 Å². The topological polar surface area (TPSA) is 157 Å². The predicted octanol–water partition coefficient (Wildman–Crippen LogP) is -2.73. The summed E-state index contributed by atoms with van der Waals surface area (Å²) in [6.07, 6.45) is -2.50. The monoisotopic (exact) mass is 257 g/mol. The number of aromatic amines is 1. The molecule has 1 aliphatic heterocycles. The van der Waals surface area contributed by atoms with Crippen LogP contribution in [0, 0.1) is 0 Å². The average Bonchev–Trinajstić information content (AvgIpc) is 2.36. The Bertz CT molecular complexity index is 490. The Morgan fingerprint density at radius 1 is 1.50 bits per heavy atom. The zero-order valence-electron chi connectivity index (χ0n) is 9.42. The third-order valence-electron chi connectivity index (χ3n) is 2.75. The van der Waals surface area contributed by atoms with E-state index < -0.39 is 30.4 Å². The molecule has 9 heteroatoms. The number of H-pyrrole nitrogens is 1. The van der Waals surface area contributed by atoms with Gasteiger partial charge in [0.1, 0.15) is 17.9 Å². The fourth-order valence-electron chi connectivity index (χ4n) is 1.78. The minimum atomic E-state index is -1.29. The van der Waals surface area contributed by atoms with Crippen LogP contribution in [0.2, 0.25) is 0 Å². The van der Waals surface area contributed by atoms with Crippen molar-refractivity contribution in [1.82, 2.24) is 9.97 Å². The second-order valence-electron chi connectivity index (χ2n) is 4.05. The molecule has 9 nitrogen and oxygen atoms in total. The highest BCUT2D eigenvalue weighted by molar-refractivity contribution is 5.67. The van der Waals surface area contributed by atoms with Crippen molar-refractivity contribution in [3.8, 4) is 0 Å². The second-order valence-corrected chi connectivity index (χ2v) is 4.05. The quantitative estimate of drug-likeness (QED) is 0.307. The standard InChI is InChI=1S/C9H15N5O4/c10-9-13-7-5(8(18)14-9)12-3(1-11-7)6(17)4(16)2-15/h3-4,6,12,15-17H,1-2H2,(H4,10,11,13,14,18)/t3-,4+,6-/m0/s1. The summed E-state index contributed by atoms with van der Waals surface area (Å²) in [6.45, 7) is -0.330. The molecule has 0 radical (unpaired) electrons. The van der Waals surface area contributed by atoms with E-state index in [0.29, 0.717) is 0 Å². The van der Waals surface area contributed by atoms with Crippen LogP contribution in [0.15, 0.2) is 4.79 Å². The number of anilines is 3. The fourth-order valence-corrected chi connectivity index (χ4v) is 1.78. The van der Waals surface area contributed by atoms with Crippen LogP contribution in [-0.4, -0.2) is 56.7 Å². The van der Waals surface area contributed by atoms with Gasteiger partial charge in [0.05, 0.1) is 12.6 Å². The lowest BCUT2D eigenvalue weighted by Crippen LogP contribution is -2.50. The minimum absolute atomic E-state index is 0.0116. The number of rotatable bonds is 3. The third-order valence-corrected chi connectivity index (χ3v) is 2.75. The van der Waals surface area contributed by atoms with Gasteiger partial charge in [0.25, 0.3) is 5.56 Å². The van der Waals surface area contributed by atoms with Crippen molar-refractivity contribution < 1.29 is 15.3 Å². The SMILES string of the molecule is Nc1nc2c(c(=O)[nH]1)N[C@H]([C@H](O)[C@H](O)CO)CN2. The highest BCUT2D eigenvalue weighted by atomic mass is 16.4. The van der Waals surface area contributed by atoms with Crippen LogP contribution < -0.4 is 21.9 Å². The van der Waals surface area contributed by atoms with Crippen LogP contribution in [0.5, 0.6) is 0 Å². The van der Waals surface area contributed by atoms with Crippen LogP contribution in [0.25, 0.3) is 0 Å². The van der Waals surface area contributed by atoms with Crippen molar-refractivity contribution in [3.05, 3.63) is 10.4 Å². The van der Waals surface area contributed by atoms with E-state index in [2.05, 4.69) is 20.6 Å². The Morgan fingerprint density at radius 2 is 2.22 bits per heavy atom. The lowest BCUT2D eigenvalue weighted by atomic mass is 10.0. The molecule has 2 heterocycles. The first-order valence-electron chi connectivity index (χ1n) is 5.40. The molecule has 1 aromatic heterocycles. The van der Waals surface area contributed by atoms with Gasteiger partial charge in [-0.15, -0.1) is 0 Å². The molecule has 0 spiro atoms. The van der Waals surface area contributed by atoms with Crippen LogP contribution >= 0.6 is 0 Å². The van der Waals surface area contributed by atoms with Crippen LogP contribution in [0.3, 0.4) is 0 Å². The van der Waals surface area contributed by atoms with Crippen LogP contribution in [-0.2, 0) is 0 Å². The van der Waals surface area contributed by atoms with Gasteiger partial charge in [-0.3, -0.25) is 9.78 Å². The molecule has 0 fully saturated rings. The Balaban J connectivity index is 2.22. The first-order valence-corrected chi connectivity index (χ1v) is 5.40. The summed E-state index contributed by atoms with van der Waals surface area (Å²) in [5.41, 5.74) is 5.06. The van der Waals surface area contributed by atoms with Gasteiger partial charge in [-0.2, -0.15) is 4.98 Å². The lowest BCUT2D eigenvalue weighted by molar-refractivity contribution is -0.0210. The lowest BCUT2D eigenvalue weighted by Gasteiger charge is -2.31. The highest BCUT2D eigenvalue weighted by Gasteiger charge is 2.30. The molecule has 0 bridgehead atoms. The van der Waals surface area contributed by atoms with E-state index >= 15 is 0 Å². The van der Waals surface area contributed by atoms with Crippen molar-refractivity contribution in [3.63, 3.8) is 0 Å². The molecule has 3 atom stereocenters. The van der Waals surface area contributed by atoms with Gasteiger partial charge in [0, 0.05) is 6.54 Å². The molecule has 1 aliphatic rings. The number of aromatic nitrogens is 2. The molecule has 100 valence electrons. The van der Waals surface area contributed by atoms with E-state index in [4.69, 9.17) is 10.8 Å². The van der Waals surface area contributed by atoms with Crippen molar-refractivity contribution in [2.75, 3.05) is 29.5 Å². The molecular weight excluding hydrogens is 242 g/mol. The maximum absolute atomic E-state index is 11.6. The summed E-state index contributed by atoms with van der Waals surface area (Å²) < 4.78 is 0. The molecule has 0 aliphatic carbocycles. The van der Waals surface area contributed by atoms with E-state index in [9.17, 15) is 15.0 Å². The van der Waals surface area contributed by atoms with Gasteiger partial charge in [-0.25, -0.2) is 0 Å². The summed E-state index contributed by atoms with van der Waals surface area (Å²) in [6, 6.07) is -0.619. The fraction of sp³-hybridized carbons (Fsp3) is 0.556. The zero-order chi connectivity index (χ0) is 13.3. The number of nitrogens with one attached hydrogen (secondary N) is 3. The summed E-state index contributed by atoms with van der Waals surface area (Å²) in [7, 11) is 0. The smallest absolute Gasteiger partial charge is 0.277 e. The highest BCUT2D eigenvalue weighted by Crippen LogP contribution is 2.21. The van der Waals surface area contributed by atoms with Crippen LogP contribution in [0.4, 0.5) is 17.5 Å². The van der Waals surface area contributed by atoms with Crippen molar-refractivity contribution in [2.45, 2.75) is 18.2 Å². The molecule has 8 N–H and O–H groups in total.